The molecule has 9 nitrogen and oxygen atoms in total. The van der Waals surface area contributed by atoms with Crippen LogP contribution in [0.2, 0.25) is 5.02 Å². The lowest BCUT2D eigenvalue weighted by atomic mass is 9.70. The number of morpholine rings is 1. The largest absolute Gasteiger partial charge is 0.487 e. The van der Waals surface area contributed by atoms with E-state index in [4.69, 9.17) is 21.1 Å². The molecule has 0 spiro atoms. The first kappa shape index (κ1) is 32.5. The zero-order chi connectivity index (χ0) is 31.3. The van der Waals surface area contributed by atoms with Crippen LogP contribution < -0.4 is 14.4 Å². The van der Waals surface area contributed by atoms with E-state index in [1.165, 1.54) is 4.31 Å². The Balaban J connectivity index is 1.44. The van der Waals surface area contributed by atoms with Crippen molar-refractivity contribution >= 4 is 33.4 Å². The number of nitrogens with zero attached hydrogens (tertiary/aromatic N) is 2. The van der Waals surface area contributed by atoms with E-state index in [0.717, 1.165) is 48.9 Å². The van der Waals surface area contributed by atoms with Crippen LogP contribution in [-0.2, 0) is 28.0 Å². The van der Waals surface area contributed by atoms with Crippen molar-refractivity contribution in [2.24, 2.45) is 11.8 Å². The average molecular weight is 644 g/mol. The molecule has 1 saturated carbocycles. The highest BCUT2D eigenvalue weighted by molar-refractivity contribution is 7.87. The lowest BCUT2D eigenvalue weighted by Crippen LogP contribution is -2.53. The Bertz CT molecular complexity index is 1470. The number of carbonyl (C=O) groups is 1. The Hall–Kier alpha value is -2.89. The number of carbonyl (C=O) groups excluding carboxylic acids is 1. The van der Waals surface area contributed by atoms with Crippen LogP contribution in [0.15, 0.2) is 61.7 Å². The summed E-state index contributed by atoms with van der Waals surface area (Å²) in [7, 11) is -4.12. The van der Waals surface area contributed by atoms with E-state index in [0.29, 0.717) is 36.9 Å². The second-order valence-corrected chi connectivity index (χ2v) is 13.9. The SMILES string of the molecule is C=CC[C@@H]1COCCN1S(=O)(=O)NC(=O)c1ccc2c(c1)N(C[C@@H]1CC[C@H]1[C@@H](O)C=C)CCCCc1cc(Cl)ccc1CO2. The Morgan fingerprint density at radius 3 is 2.73 bits per heavy atom. The van der Waals surface area contributed by atoms with Crippen molar-refractivity contribution in [3.05, 3.63) is 83.4 Å². The van der Waals surface area contributed by atoms with Crippen molar-refractivity contribution in [2.45, 2.75) is 57.3 Å². The first-order valence-corrected chi connectivity index (χ1v) is 17.1. The van der Waals surface area contributed by atoms with Gasteiger partial charge in [-0.2, -0.15) is 12.7 Å². The molecule has 238 valence electrons. The van der Waals surface area contributed by atoms with E-state index in [9.17, 15) is 18.3 Å². The third-order valence-electron chi connectivity index (χ3n) is 8.99. The van der Waals surface area contributed by atoms with Crippen LogP contribution in [0.25, 0.3) is 0 Å². The molecule has 2 aromatic rings. The highest BCUT2D eigenvalue weighted by Crippen LogP contribution is 2.40. The van der Waals surface area contributed by atoms with Gasteiger partial charge in [0.25, 0.3) is 5.91 Å². The van der Waals surface area contributed by atoms with Crippen molar-refractivity contribution < 1.29 is 27.8 Å². The van der Waals surface area contributed by atoms with Crippen LogP contribution in [0.4, 0.5) is 5.69 Å². The second kappa shape index (κ2) is 14.5. The minimum absolute atomic E-state index is 0.120. The fourth-order valence-electron chi connectivity index (χ4n) is 6.38. The normalized spacial score (nSPS) is 23.5. The molecule has 11 heteroatoms. The molecule has 3 aliphatic rings. The Morgan fingerprint density at radius 2 is 1.98 bits per heavy atom. The summed E-state index contributed by atoms with van der Waals surface area (Å²) in [5.74, 6) is 0.258. The summed E-state index contributed by atoms with van der Waals surface area (Å²) >= 11 is 6.31. The molecule has 5 rings (SSSR count). The van der Waals surface area contributed by atoms with E-state index in [-0.39, 0.29) is 37.2 Å². The molecule has 2 aromatic carbocycles. The number of aryl methyl sites for hydroxylation is 1. The standard InChI is InChI=1S/C33H42ClN3O6S/c1-3-7-28-22-42-17-16-37(28)44(40,41)35-33(39)24-11-14-32-30(19-24)36(20-25-10-13-29(25)31(38)4-2)15-6-5-8-23-18-27(34)12-9-26(23)21-43-32/h3-4,9,11-12,14,18-19,25,28-29,31,38H,1-2,5-8,10,13,15-17,20-22H2,(H,35,39)/t25-,28+,29+,31-/m0/s1. The molecule has 1 amide bonds. The second-order valence-electron chi connectivity index (χ2n) is 11.8. The first-order chi connectivity index (χ1) is 21.2. The molecule has 0 unspecified atom stereocenters. The Morgan fingerprint density at radius 1 is 1.14 bits per heavy atom. The van der Waals surface area contributed by atoms with Gasteiger partial charge in [0.1, 0.15) is 12.4 Å². The van der Waals surface area contributed by atoms with Gasteiger partial charge >= 0.3 is 10.2 Å². The number of amides is 1. The lowest BCUT2D eigenvalue weighted by molar-refractivity contribution is 0.0331. The molecular formula is C33H42ClN3O6S. The molecular weight excluding hydrogens is 602 g/mol. The maximum absolute atomic E-state index is 13.5. The van der Waals surface area contributed by atoms with Gasteiger partial charge in [-0.15, -0.1) is 13.2 Å². The predicted molar refractivity (Wildman–Crippen MR) is 172 cm³/mol. The topological polar surface area (TPSA) is 108 Å². The van der Waals surface area contributed by atoms with Gasteiger partial charge in [-0.3, -0.25) is 4.79 Å². The summed E-state index contributed by atoms with van der Waals surface area (Å²) in [5, 5.41) is 11.2. The van der Waals surface area contributed by atoms with Gasteiger partial charge in [0, 0.05) is 30.2 Å². The predicted octanol–water partition coefficient (Wildman–Crippen LogP) is 4.89. The van der Waals surface area contributed by atoms with Crippen LogP contribution in [0, 0.1) is 11.8 Å². The number of hydrogen-bond donors (Lipinski definition) is 2. The van der Waals surface area contributed by atoms with Gasteiger partial charge in [0.2, 0.25) is 0 Å². The minimum Gasteiger partial charge on any atom is -0.487 e. The molecule has 2 heterocycles. The number of anilines is 1. The van der Waals surface area contributed by atoms with E-state index < -0.39 is 28.3 Å². The smallest absolute Gasteiger partial charge is 0.304 e. The highest BCUT2D eigenvalue weighted by atomic mass is 35.5. The van der Waals surface area contributed by atoms with Crippen molar-refractivity contribution in [1.29, 1.82) is 0 Å². The molecule has 2 fully saturated rings. The third kappa shape index (κ3) is 7.49. The summed E-state index contributed by atoms with van der Waals surface area (Å²) in [6, 6.07) is 10.5. The van der Waals surface area contributed by atoms with Crippen LogP contribution in [0.3, 0.4) is 0 Å². The number of benzene rings is 2. The Labute approximate surface area is 265 Å². The quantitative estimate of drug-likeness (QED) is 0.375. The number of ether oxygens (including phenoxy) is 2. The lowest BCUT2D eigenvalue weighted by Gasteiger charge is -2.42. The van der Waals surface area contributed by atoms with Crippen LogP contribution in [-0.4, -0.2) is 68.7 Å². The monoisotopic (exact) mass is 643 g/mol. The van der Waals surface area contributed by atoms with Crippen LogP contribution >= 0.6 is 11.6 Å². The summed E-state index contributed by atoms with van der Waals surface area (Å²) in [4.78, 5) is 15.7. The van der Waals surface area contributed by atoms with E-state index in [1.807, 2.05) is 18.2 Å². The number of aliphatic hydroxyl groups is 1. The van der Waals surface area contributed by atoms with E-state index in [1.54, 1.807) is 30.4 Å². The average Bonchev–Trinajstić information content (AvgIpc) is 3.02. The van der Waals surface area contributed by atoms with Gasteiger partial charge in [0.05, 0.1) is 31.0 Å². The summed E-state index contributed by atoms with van der Waals surface area (Å²) < 4.78 is 42.0. The highest BCUT2D eigenvalue weighted by Gasteiger charge is 2.37. The van der Waals surface area contributed by atoms with E-state index >= 15 is 0 Å². The van der Waals surface area contributed by atoms with Crippen LogP contribution in [0.5, 0.6) is 5.75 Å². The zero-order valence-electron chi connectivity index (χ0n) is 25.0. The maximum atomic E-state index is 13.5. The number of halogens is 1. The molecule has 0 aromatic heterocycles. The summed E-state index contributed by atoms with van der Waals surface area (Å²) in [6.07, 6.45) is 7.69. The number of nitrogens with one attached hydrogen (secondary N) is 1. The molecule has 1 saturated heterocycles. The van der Waals surface area contributed by atoms with Gasteiger partial charge in [-0.1, -0.05) is 29.8 Å². The molecule has 1 aliphatic carbocycles. The van der Waals surface area contributed by atoms with Crippen molar-refractivity contribution in [3.8, 4) is 5.75 Å². The first-order valence-electron chi connectivity index (χ1n) is 15.3. The third-order valence-corrected chi connectivity index (χ3v) is 10.8. The van der Waals surface area contributed by atoms with Crippen molar-refractivity contribution in [2.75, 3.05) is 37.7 Å². The molecule has 0 bridgehead atoms. The number of aliphatic hydroxyl groups excluding tert-OH is 1. The summed E-state index contributed by atoms with van der Waals surface area (Å²) in [6.45, 7) is 9.85. The Kier molecular flexibility index (Phi) is 10.7. The molecule has 44 heavy (non-hydrogen) atoms. The fourth-order valence-corrected chi connectivity index (χ4v) is 7.90. The number of hydrogen-bond acceptors (Lipinski definition) is 7. The summed E-state index contributed by atoms with van der Waals surface area (Å²) in [5.41, 5.74) is 3.14. The van der Waals surface area contributed by atoms with Crippen molar-refractivity contribution in [3.63, 3.8) is 0 Å². The molecule has 2 aliphatic heterocycles. The fraction of sp³-hybridized carbons (Fsp3) is 0.485. The molecule has 0 radical (unpaired) electrons. The van der Waals surface area contributed by atoms with Gasteiger partial charge < -0.3 is 19.5 Å². The zero-order valence-corrected chi connectivity index (χ0v) is 26.6. The van der Waals surface area contributed by atoms with Gasteiger partial charge in [-0.25, -0.2) is 4.72 Å². The van der Waals surface area contributed by atoms with Gasteiger partial charge in [-0.05, 0) is 91.8 Å². The van der Waals surface area contributed by atoms with Crippen LogP contribution in [0.1, 0.15) is 53.6 Å². The van der Waals surface area contributed by atoms with Crippen molar-refractivity contribution in [1.82, 2.24) is 9.03 Å². The molecule has 4 atom stereocenters. The van der Waals surface area contributed by atoms with E-state index in [2.05, 4.69) is 22.8 Å². The maximum Gasteiger partial charge on any atom is 0.304 e. The van der Waals surface area contributed by atoms with Gasteiger partial charge in [0.15, 0.2) is 0 Å². The molecule has 2 N–H and O–H groups in total. The number of fused-ring (bicyclic) bond motifs is 2. The number of rotatable bonds is 9. The minimum atomic E-state index is -4.12.